The van der Waals surface area contributed by atoms with Crippen molar-refractivity contribution in [2.75, 3.05) is 18.5 Å². The number of aliphatic hydroxyl groups excluding tert-OH is 1. The van der Waals surface area contributed by atoms with Crippen molar-refractivity contribution in [2.45, 2.75) is 0 Å². The van der Waals surface area contributed by atoms with Crippen LogP contribution in [0.2, 0.25) is 5.02 Å². The maximum absolute atomic E-state index is 12.3. The average Bonchev–Trinajstić information content (AvgIpc) is 2.86. The largest absolute Gasteiger partial charge is 0.455 e. The molecule has 1 aliphatic heterocycles. The summed E-state index contributed by atoms with van der Waals surface area (Å²) in [4.78, 5) is 25.1. The fraction of sp³-hybridized carbons (Fsp3) is 0.111. The number of amides is 2. The van der Waals surface area contributed by atoms with Crippen LogP contribution in [-0.4, -0.2) is 35.0 Å². The molecule has 0 atom stereocenters. The van der Waals surface area contributed by atoms with Gasteiger partial charge in [0.05, 0.1) is 18.8 Å². The number of carbonyl (C=O) groups is 2. The lowest BCUT2D eigenvalue weighted by molar-refractivity contribution is -0.137. The van der Waals surface area contributed by atoms with E-state index in [2.05, 4.69) is 5.32 Å². The lowest BCUT2D eigenvalue weighted by Crippen LogP contribution is -2.34. The highest BCUT2D eigenvalue weighted by Crippen LogP contribution is 2.33. The molecule has 0 spiro atoms. The summed E-state index contributed by atoms with van der Waals surface area (Å²) in [7, 11) is 0. The van der Waals surface area contributed by atoms with Gasteiger partial charge in [-0.05, 0) is 30.3 Å². The number of nitrogens with one attached hydrogen (secondary N) is 1. The van der Waals surface area contributed by atoms with Gasteiger partial charge in [0, 0.05) is 11.1 Å². The zero-order valence-corrected chi connectivity index (χ0v) is 13.9. The van der Waals surface area contributed by atoms with Gasteiger partial charge in [-0.3, -0.25) is 14.5 Å². The molecule has 0 saturated carbocycles. The van der Waals surface area contributed by atoms with Gasteiger partial charge in [-0.2, -0.15) is 0 Å². The van der Waals surface area contributed by atoms with E-state index in [0.29, 0.717) is 22.2 Å². The van der Waals surface area contributed by atoms with Gasteiger partial charge in [0.15, 0.2) is 5.75 Å². The number of imide groups is 1. The van der Waals surface area contributed by atoms with Crippen molar-refractivity contribution in [3.8, 4) is 11.5 Å². The minimum atomic E-state index is -0.510. The van der Waals surface area contributed by atoms with Crippen LogP contribution < -0.4 is 10.1 Å². The molecular formula is C18H15ClN2O4. The smallest absolute Gasteiger partial charge is 0.277 e. The number of rotatable bonds is 6. The van der Waals surface area contributed by atoms with Crippen LogP contribution in [0.1, 0.15) is 0 Å². The van der Waals surface area contributed by atoms with Crippen LogP contribution in [0, 0.1) is 0 Å². The van der Waals surface area contributed by atoms with E-state index in [4.69, 9.17) is 21.4 Å². The highest BCUT2D eigenvalue weighted by atomic mass is 35.5. The van der Waals surface area contributed by atoms with Crippen molar-refractivity contribution in [1.29, 1.82) is 0 Å². The molecule has 3 rings (SSSR count). The van der Waals surface area contributed by atoms with E-state index < -0.39 is 11.8 Å². The number of para-hydroxylation sites is 1. The van der Waals surface area contributed by atoms with E-state index in [0.717, 1.165) is 4.90 Å². The van der Waals surface area contributed by atoms with Gasteiger partial charge in [0.2, 0.25) is 0 Å². The molecule has 7 heteroatoms. The number of carbonyl (C=O) groups excluding carboxylic acids is 2. The Labute approximate surface area is 149 Å². The number of β-amino-alcohol motifs (C(OH)–C–C–N with tert-alkyl or cyclic N) is 1. The molecular weight excluding hydrogens is 344 g/mol. The third-order valence-electron chi connectivity index (χ3n) is 3.51. The maximum atomic E-state index is 12.3. The third kappa shape index (κ3) is 3.81. The first-order valence-electron chi connectivity index (χ1n) is 7.56. The topological polar surface area (TPSA) is 78.9 Å². The molecule has 0 fully saturated rings. The number of hydrogen-bond acceptors (Lipinski definition) is 5. The van der Waals surface area contributed by atoms with Crippen molar-refractivity contribution < 1.29 is 19.4 Å². The molecule has 0 unspecified atom stereocenters. The van der Waals surface area contributed by atoms with Gasteiger partial charge >= 0.3 is 0 Å². The first-order chi connectivity index (χ1) is 12.1. The number of benzene rings is 2. The van der Waals surface area contributed by atoms with Gasteiger partial charge < -0.3 is 15.2 Å². The third-order valence-corrected chi connectivity index (χ3v) is 3.75. The summed E-state index contributed by atoms with van der Waals surface area (Å²) in [5.41, 5.74) is 0.549. The van der Waals surface area contributed by atoms with Gasteiger partial charge in [-0.15, -0.1) is 0 Å². The molecule has 0 saturated heterocycles. The van der Waals surface area contributed by atoms with Crippen LogP contribution in [0.3, 0.4) is 0 Å². The van der Waals surface area contributed by atoms with Gasteiger partial charge in [0.25, 0.3) is 11.8 Å². The number of hydrogen-bond donors (Lipinski definition) is 2. The molecule has 2 amide bonds. The SMILES string of the molecule is O=C1C=C(Nc2cc(Cl)ccc2Oc2ccccc2)C(=O)N1CCO. The van der Waals surface area contributed by atoms with E-state index in [1.54, 1.807) is 30.3 Å². The molecule has 2 aromatic carbocycles. The van der Waals surface area contributed by atoms with Gasteiger partial charge in [0.1, 0.15) is 11.4 Å². The van der Waals surface area contributed by atoms with Gasteiger partial charge in [-0.1, -0.05) is 29.8 Å². The zero-order valence-electron chi connectivity index (χ0n) is 13.1. The van der Waals surface area contributed by atoms with E-state index in [-0.39, 0.29) is 18.8 Å². The average molecular weight is 359 g/mol. The first kappa shape index (κ1) is 17.0. The molecule has 2 aromatic rings. The summed E-state index contributed by atoms with van der Waals surface area (Å²) in [6, 6.07) is 14.1. The van der Waals surface area contributed by atoms with Crippen molar-refractivity contribution in [3.63, 3.8) is 0 Å². The number of halogens is 1. The Morgan fingerprint density at radius 2 is 1.88 bits per heavy atom. The molecule has 0 radical (unpaired) electrons. The Kier molecular flexibility index (Phi) is 5.02. The van der Waals surface area contributed by atoms with E-state index in [9.17, 15) is 9.59 Å². The Hall–Kier alpha value is -2.83. The molecule has 2 N–H and O–H groups in total. The predicted octanol–water partition coefficient (Wildman–Crippen LogP) is 2.79. The lowest BCUT2D eigenvalue weighted by Gasteiger charge is -2.15. The molecule has 0 aliphatic carbocycles. The number of nitrogens with zero attached hydrogens (tertiary/aromatic N) is 1. The fourth-order valence-corrected chi connectivity index (χ4v) is 2.53. The number of aliphatic hydroxyl groups is 1. The molecule has 0 aromatic heterocycles. The second-order valence-electron chi connectivity index (χ2n) is 5.26. The monoisotopic (exact) mass is 358 g/mol. The predicted molar refractivity (Wildman–Crippen MR) is 93.5 cm³/mol. The van der Waals surface area contributed by atoms with Crippen LogP contribution in [-0.2, 0) is 9.59 Å². The van der Waals surface area contributed by atoms with E-state index in [1.165, 1.54) is 6.08 Å². The zero-order chi connectivity index (χ0) is 17.8. The Balaban J connectivity index is 1.85. The normalized spacial score (nSPS) is 13.8. The Morgan fingerprint density at radius 3 is 2.60 bits per heavy atom. The van der Waals surface area contributed by atoms with Crippen molar-refractivity contribution >= 4 is 29.1 Å². The summed E-state index contributed by atoms with van der Waals surface area (Å²) in [5, 5.41) is 12.3. The van der Waals surface area contributed by atoms with Gasteiger partial charge in [-0.25, -0.2) is 0 Å². The highest BCUT2D eigenvalue weighted by Gasteiger charge is 2.31. The first-order valence-corrected chi connectivity index (χ1v) is 7.94. The van der Waals surface area contributed by atoms with Crippen molar-refractivity contribution in [2.24, 2.45) is 0 Å². The summed E-state index contributed by atoms with van der Waals surface area (Å²) in [6.07, 6.45) is 1.19. The molecule has 6 nitrogen and oxygen atoms in total. The van der Waals surface area contributed by atoms with Crippen LogP contribution in [0.15, 0.2) is 60.3 Å². The summed E-state index contributed by atoms with van der Waals surface area (Å²) < 4.78 is 5.81. The number of anilines is 1. The van der Waals surface area contributed by atoms with E-state index >= 15 is 0 Å². The standard InChI is InChI=1S/C18H15ClN2O4/c19-12-6-7-16(25-13-4-2-1-3-5-13)14(10-12)20-15-11-17(23)21(8-9-22)18(15)24/h1-7,10-11,20,22H,8-9H2. The maximum Gasteiger partial charge on any atom is 0.277 e. The second-order valence-corrected chi connectivity index (χ2v) is 5.69. The van der Waals surface area contributed by atoms with E-state index in [1.807, 2.05) is 18.2 Å². The second kappa shape index (κ2) is 7.38. The Bertz CT molecular complexity index is 836. The molecule has 25 heavy (non-hydrogen) atoms. The summed E-state index contributed by atoms with van der Waals surface area (Å²) >= 11 is 6.04. The molecule has 128 valence electrons. The fourth-order valence-electron chi connectivity index (χ4n) is 2.36. The molecule has 1 heterocycles. The van der Waals surface area contributed by atoms with Crippen molar-refractivity contribution in [3.05, 3.63) is 65.3 Å². The quantitative estimate of drug-likeness (QED) is 0.776. The summed E-state index contributed by atoms with van der Waals surface area (Å²) in [6.45, 7) is -0.347. The van der Waals surface area contributed by atoms with Crippen LogP contribution >= 0.6 is 11.6 Å². The van der Waals surface area contributed by atoms with Crippen LogP contribution in [0.4, 0.5) is 5.69 Å². The highest BCUT2D eigenvalue weighted by molar-refractivity contribution is 6.31. The Morgan fingerprint density at radius 1 is 1.12 bits per heavy atom. The summed E-state index contributed by atoms with van der Waals surface area (Å²) in [5.74, 6) is 0.0914. The molecule has 1 aliphatic rings. The minimum absolute atomic E-state index is 0.0533. The van der Waals surface area contributed by atoms with Crippen LogP contribution in [0.25, 0.3) is 0 Å². The van der Waals surface area contributed by atoms with Crippen LogP contribution in [0.5, 0.6) is 11.5 Å². The number of ether oxygens (including phenoxy) is 1. The molecule has 0 bridgehead atoms. The lowest BCUT2D eigenvalue weighted by atomic mass is 10.2. The minimum Gasteiger partial charge on any atom is -0.455 e. The van der Waals surface area contributed by atoms with Crippen molar-refractivity contribution in [1.82, 2.24) is 4.90 Å².